The summed E-state index contributed by atoms with van der Waals surface area (Å²) in [6, 6.07) is 2.65. The van der Waals surface area contributed by atoms with Gasteiger partial charge in [-0.15, -0.1) is 0 Å². The van der Waals surface area contributed by atoms with Crippen molar-refractivity contribution < 1.29 is 18.3 Å². The van der Waals surface area contributed by atoms with Gasteiger partial charge in [0.05, 0.1) is 7.11 Å². The van der Waals surface area contributed by atoms with E-state index in [2.05, 4.69) is 20.8 Å². The molecule has 19 heavy (non-hydrogen) atoms. The maximum atomic E-state index is 14.1. The molecule has 1 aromatic carbocycles. The van der Waals surface area contributed by atoms with Gasteiger partial charge >= 0.3 is 0 Å². The van der Waals surface area contributed by atoms with E-state index in [4.69, 9.17) is 9.16 Å². The molecule has 106 valence electrons. The number of carbonyl (C=O) groups is 1. The summed E-state index contributed by atoms with van der Waals surface area (Å²) in [5, 5.41) is -0.0478. The smallest absolute Gasteiger partial charge is 0.250 e. The molecule has 0 saturated heterocycles. The molecule has 0 saturated carbocycles. The van der Waals surface area contributed by atoms with Crippen molar-refractivity contribution in [3.63, 3.8) is 0 Å². The molecule has 0 aliphatic heterocycles. The van der Waals surface area contributed by atoms with Gasteiger partial charge in [0.2, 0.25) is 0 Å². The van der Waals surface area contributed by atoms with E-state index in [1.165, 1.54) is 13.2 Å². The third-order valence-corrected chi connectivity index (χ3v) is 7.88. The number of hydrogen-bond acceptors (Lipinski definition) is 3. The van der Waals surface area contributed by atoms with Crippen LogP contribution in [-0.4, -0.2) is 21.7 Å². The molecule has 0 aromatic heterocycles. The van der Waals surface area contributed by atoms with Gasteiger partial charge in [0, 0.05) is 5.56 Å². The van der Waals surface area contributed by atoms with Gasteiger partial charge in [-0.2, -0.15) is 0 Å². The minimum Gasteiger partial charge on any atom is -0.539 e. The maximum absolute atomic E-state index is 14.1. The molecule has 0 unspecified atom stereocenters. The van der Waals surface area contributed by atoms with Crippen LogP contribution in [0, 0.1) is 5.82 Å². The second-order valence-electron chi connectivity index (χ2n) is 6.01. The van der Waals surface area contributed by atoms with Gasteiger partial charge in [-0.05, 0) is 30.3 Å². The van der Waals surface area contributed by atoms with Crippen molar-refractivity contribution in [1.29, 1.82) is 0 Å². The number of ether oxygens (including phenoxy) is 1. The van der Waals surface area contributed by atoms with Crippen molar-refractivity contribution in [3.8, 4) is 11.5 Å². The Hall–Kier alpha value is -1.36. The second kappa shape index (κ2) is 5.33. The average molecular weight is 284 g/mol. The molecule has 3 nitrogen and oxygen atoms in total. The molecule has 0 heterocycles. The highest BCUT2D eigenvalue weighted by molar-refractivity contribution is 6.74. The monoisotopic (exact) mass is 284 g/mol. The molecular weight excluding hydrogens is 263 g/mol. The van der Waals surface area contributed by atoms with Crippen LogP contribution in [0.4, 0.5) is 4.39 Å². The molecule has 0 amide bonds. The maximum Gasteiger partial charge on any atom is 0.250 e. The SMILES string of the molecule is COc1cc(C=O)cc(F)c1O[Si](C)(C)C(C)(C)C. The number of rotatable bonds is 4. The Morgan fingerprint density at radius 3 is 2.26 bits per heavy atom. The van der Waals surface area contributed by atoms with Crippen LogP contribution in [0.2, 0.25) is 18.1 Å². The van der Waals surface area contributed by atoms with Crippen LogP contribution in [0.1, 0.15) is 31.1 Å². The predicted octanol–water partition coefficient (Wildman–Crippen LogP) is 4.03. The highest BCUT2D eigenvalue weighted by atomic mass is 28.4. The number of halogens is 1. The molecule has 0 radical (unpaired) electrons. The van der Waals surface area contributed by atoms with Crippen molar-refractivity contribution in [3.05, 3.63) is 23.5 Å². The lowest BCUT2D eigenvalue weighted by molar-refractivity contribution is 0.112. The number of carbonyl (C=O) groups excluding carboxylic acids is 1. The fourth-order valence-corrected chi connectivity index (χ4v) is 2.33. The predicted molar refractivity (Wildman–Crippen MR) is 76.2 cm³/mol. The Bertz CT molecular complexity index is 478. The molecule has 0 aliphatic rings. The Kier molecular flexibility index (Phi) is 4.40. The largest absolute Gasteiger partial charge is 0.539 e. The molecule has 5 heteroatoms. The first-order valence-corrected chi connectivity index (χ1v) is 9.05. The van der Waals surface area contributed by atoms with Crippen molar-refractivity contribution in [2.45, 2.75) is 38.9 Å². The van der Waals surface area contributed by atoms with Gasteiger partial charge in [-0.3, -0.25) is 4.79 Å². The molecule has 0 fully saturated rings. The number of aldehydes is 1. The van der Waals surface area contributed by atoms with E-state index in [1.807, 2.05) is 13.1 Å². The second-order valence-corrected chi connectivity index (χ2v) is 10.7. The first kappa shape index (κ1) is 15.7. The van der Waals surface area contributed by atoms with Gasteiger partial charge in [0.25, 0.3) is 8.32 Å². The first-order valence-electron chi connectivity index (χ1n) is 6.14. The fraction of sp³-hybridized carbons (Fsp3) is 0.500. The van der Waals surface area contributed by atoms with E-state index in [-0.39, 0.29) is 22.1 Å². The van der Waals surface area contributed by atoms with Gasteiger partial charge in [0.1, 0.15) is 6.29 Å². The zero-order valence-electron chi connectivity index (χ0n) is 12.3. The Morgan fingerprint density at radius 2 is 1.84 bits per heavy atom. The van der Waals surface area contributed by atoms with Crippen LogP contribution < -0.4 is 9.16 Å². The summed E-state index contributed by atoms with van der Waals surface area (Å²) in [5.41, 5.74) is 0.233. The highest BCUT2D eigenvalue weighted by Crippen LogP contribution is 2.41. The summed E-state index contributed by atoms with van der Waals surface area (Å²) in [6.45, 7) is 10.3. The van der Waals surface area contributed by atoms with E-state index in [1.54, 1.807) is 0 Å². The number of benzene rings is 1. The third kappa shape index (κ3) is 3.35. The van der Waals surface area contributed by atoms with Crippen molar-refractivity contribution in [1.82, 2.24) is 0 Å². The first-order chi connectivity index (χ1) is 8.62. The molecule has 1 aromatic rings. The molecule has 1 rings (SSSR count). The lowest BCUT2D eigenvalue weighted by atomic mass is 10.2. The quantitative estimate of drug-likeness (QED) is 0.618. The number of methoxy groups -OCH3 is 1. The van der Waals surface area contributed by atoms with E-state index in [0.29, 0.717) is 6.29 Å². The minimum absolute atomic E-state index is 0.0478. The van der Waals surface area contributed by atoms with Crippen molar-refractivity contribution >= 4 is 14.6 Å². The lowest BCUT2D eigenvalue weighted by Gasteiger charge is -2.36. The third-order valence-electron chi connectivity index (χ3n) is 3.55. The van der Waals surface area contributed by atoms with Crippen molar-refractivity contribution in [2.75, 3.05) is 7.11 Å². The van der Waals surface area contributed by atoms with Gasteiger partial charge in [-0.25, -0.2) is 4.39 Å². The van der Waals surface area contributed by atoms with Gasteiger partial charge < -0.3 is 9.16 Å². The summed E-state index contributed by atoms with van der Waals surface area (Å²) in [7, 11) is -0.728. The molecular formula is C14H21FO3Si. The highest BCUT2D eigenvalue weighted by Gasteiger charge is 2.40. The lowest BCUT2D eigenvalue weighted by Crippen LogP contribution is -2.44. The van der Waals surface area contributed by atoms with Crippen molar-refractivity contribution in [2.24, 2.45) is 0 Å². The molecule has 0 bridgehead atoms. The Labute approximate surface area is 114 Å². The Morgan fingerprint density at radius 1 is 1.26 bits per heavy atom. The Balaban J connectivity index is 3.25. The average Bonchev–Trinajstić information content (AvgIpc) is 2.29. The van der Waals surface area contributed by atoms with Gasteiger partial charge in [-0.1, -0.05) is 20.8 Å². The summed E-state index contributed by atoms with van der Waals surface area (Å²) >= 11 is 0. The summed E-state index contributed by atoms with van der Waals surface area (Å²) in [5.74, 6) is -0.210. The van der Waals surface area contributed by atoms with E-state index < -0.39 is 14.1 Å². The van der Waals surface area contributed by atoms with Crippen LogP contribution in [0.15, 0.2) is 12.1 Å². The molecule has 0 spiro atoms. The fourth-order valence-electron chi connectivity index (χ4n) is 1.32. The van der Waals surface area contributed by atoms with Crippen LogP contribution >= 0.6 is 0 Å². The van der Waals surface area contributed by atoms with Crippen LogP contribution in [0.25, 0.3) is 0 Å². The van der Waals surface area contributed by atoms with Gasteiger partial charge in [0.15, 0.2) is 17.3 Å². The van der Waals surface area contributed by atoms with Crippen LogP contribution in [-0.2, 0) is 0 Å². The molecule has 0 atom stereocenters. The van der Waals surface area contributed by atoms with E-state index in [0.717, 1.165) is 6.07 Å². The summed E-state index contributed by atoms with van der Waals surface area (Å²) in [4.78, 5) is 10.7. The van der Waals surface area contributed by atoms with Crippen LogP contribution in [0.3, 0.4) is 0 Å². The zero-order chi connectivity index (χ0) is 14.8. The van der Waals surface area contributed by atoms with E-state index >= 15 is 0 Å². The topological polar surface area (TPSA) is 35.5 Å². The normalized spacial score (nSPS) is 12.2. The van der Waals surface area contributed by atoms with Crippen LogP contribution in [0.5, 0.6) is 11.5 Å². The van der Waals surface area contributed by atoms with E-state index in [9.17, 15) is 9.18 Å². The standard InChI is InChI=1S/C14H21FO3Si/c1-14(2,3)19(5,6)18-13-11(15)7-10(9-16)8-12(13)17-4/h7-9H,1-6H3. The summed E-state index contributed by atoms with van der Waals surface area (Å²) in [6.07, 6.45) is 0.585. The minimum atomic E-state index is -2.16. The molecule has 0 N–H and O–H groups in total. The summed E-state index contributed by atoms with van der Waals surface area (Å²) < 4.78 is 25.1. The number of hydrogen-bond donors (Lipinski definition) is 0. The molecule has 0 aliphatic carbocycles. The zero-order valence-corrected chi connectivity index (χ0v) is 13.3.